The number of carbonyl (C=O) groups is 2. The zero-order chi connectivity index (χ0) is 18.8. The smallest absolute Gasteiger partial charge is 0.258 e. The average Bonchev–Trinajstić information content (AvgIpc) is 3.35. The lowest BCUT2D eigenvalue weighted by molar-refractivity contribution is -0.120. The van der Waals surface area contributed by atoms with Gasteiger partial charge in [-0.1, -0.05) is 24.6 Å². The van der Waals surface area contributed by atoms with Gasteiger partial charge in [-0.2, -0.15) is 0 Å². The van der Waals surface area contributed by atoms with Gasteiger partial charge in [-0.05, 0) is 67.6 Å². The molecule has 0 radical (unpaired) electrons. The maximum atomic E-state index is 12.9. The van der Waals surface area contributed by atoms with E-state index < -0.39 is 0 Å². The number of benzene rings is 2. The second kappa shape index (κ2) is 8.76. The first-order valence-electron chi connectivity index (χ1n) is 9.68. The summed E-state index contributed by atoms with van der Waals surface area (Å²) in [7, 11) is 0. The molecule has 2 amide bonds. The zero-order valence-electron chi connectivity index (χ0n) is 15.8. The quantitative estimate of drug-likeness (QED) is 0.824. The van der Waals surface area contributed by atoms with Crippen LogP contribution in [0.2, 0.25) is 0 Å². The van der Waals surface area contributed by atoms with Crippen molar-refractivity contribution in [3.8, 4) is 0 Å². The van der Waals surface area contributed by atoms with Crippen LogP contribution in [0.25, 0.3) is 0 Å². The van der Waals surface area contributed by atoms with Crippen LogP contribution in [-0.2, 0) is 11.2 Å². The molecule has 1 saturated carbocycles. The molecule has 2 aromatic carbocycles. The van der Waals surface area contributed by atoms with Crippen LogP contribution >= 0.6 is 12.4 Å². The molecule has 28 heavy (non-hydrogen) atoms. The van der Waals surface area contributed by atoms with Gasteiger partial charge in [0.15, 0.2) is 0 Å². The van der Waals surface area contributed by atoms with Gasteiger partial charge in [-0.15, -0.1) is 12.4 Å². The summed E-state index contributed by atoms with van der Waals surface area (Å²) in [4.78, 5) is 27.2. The Morgan fingerprint density at radius 3 is 2.57 bits per heavy atom. The van der Waals surface area contributed by atoms with Gasteiger partial charge in [-0.3, -0.25) is 9.59 Å². The van der Waals surface area contributed by atoms with E-state index in [4.69, 9.17) is 5.73 Å². The number of nitrogens with one attached hydrogen (secondary N) is 1. The van der Waals surface area contributed by atoms with Crippen molar-refractivity contribution in [2.75, 3.05) is 23.3 Å². The van der Waals surface area contributed by atoms with Crippen molar-refractivity contribution < 1.29 is 9.59 Å². The summed E-state index contributed by atoms with van der Waals surface area (Å²) in [5, 5.41) is 2.98. The summed E-state index contributed by atoms with van der Waals surface area (Å²) >= 11 is 0. The van der Waals surface area contributed by atoms with Crippen LogP contribution in [0, 0.1) is 11.8 Å². The van der Waals surface area contributed by atoms with Crippen molar-refractivity contribution in [1.82, 2.24) is 0 Å². The molecule has 1 aliphatic carbocycles. The summed E-state index contributed by atoms with van der Waals surface area (Å²) in [6.07, 6.45) is 3.88. The topological polar surface area (TPSA) is 75.4 Å². The lowest BCUT2D eigenvalue weighted by atomic mass is 9.95. The first-order valence-corrected chi connectivity index (χ1v) is 9.68. The second-order valence-corrected chi connectivity index (χ2v) is 7.44. The van der Waals surface area contributed by atoms with E-state index in [1.807, 2.05) is 23.1 Å². The molecule has 2 aliphatic rings. The SMILES string of the molecule is Cl.NC[C@H]1CCC[C@H]1C(=O)Nc1ccc(C(=O)N2CCc3ccccc32)cc1. The number of fused-ring (bicyclic) bond motifs is 1. The molecule has 0 aromatic heterocycles. The number of anilines is 2. The number of halogens is 1. The van der Waals surface area contributed by atoms with E-state index in [1.54, 1.807) is 24.3 Å². The van der Waals surface area contributed by atoms with E-state index >= 15 is 0 Å². The van der Waals surface area contributed by atoms with E-state index in [1.165, 1.54) is 5.56 Å². The highest BCUT2D eigenvalue weighted by atomic mass is 35.5. The molecule has 148 valence electrons. The minimum absolute atomic E-state index is 0. The molecular formula is C22H26ClN3O2. The Morgan fingerprint density at radius 2 is 1.82 bits per heavy atom. The maximum Gasteiger partial charge on any atom is 0.258 e. The van der Waals surface area contributed by atoms with Gasteiger partial charge in [0.2, 0.25) is 5.91 Å². The van der Waals surface area contributed by atoms with Crippen molar-refractivity contribution in [3.05, 3.63) is 59.7 Å². The first-order chi connectivity index (χ1) is 13.2. The monoisotopic (exact) mass is 399 g/mol. The third kappa shape index (κ3) is 3.91. The minimum atomic E-state index is -0.00295. The molecule has 0 saturated heterocycles. The van der Waals surface area contributed by atoms with E-state index in [0.717, 1.165) is 37.1 Å². The highest BCUT2D eigenvalue weighted by Gasteiger charge is 2.32. The van der Waals surface area contributed by atoms with Gasteiger partial charge in [0.1, 0.15) is 0 Å². The highest BCUT2D eigenvalue weighted by molar-refractivity contribution is 6.07. The molecule has 2 aromatic rings. The Kier molecular flexibility index (Phi) is 6.37. The molecule has 5 nitrogen and oxygen atoms in total. The fraction of sp³-hybridized carbons (Fsp3) is 0.364. The Balaban J connectivity index is 0.00000225. The van der Waals surface area contributed by atoms with Crippen LogP contribution < -0.4 is 16.0 Å². The van der Waals surface area contributed by atoms with Gasteiger partial charge in [0, 0.05) is 29.4 Å². The molecule has 3 N–H and O–H groups in total. The third-order valence-corrected chi connectivity index (χ3v) is 5.83. The number of nitrogens with two attached hydrogens (primary N) is 1. The van der Waals surface area contributed by atoms with Crippen molar-refractivity contribution in [2.45, 2.75) is 25.7 Å². The van der Waals surface area contributed by atoms with Gasteiger partial charge < -0.3 is 16.0 Å². The average molecular weight is 400 g/mol. The molecule has 4 rings (SSSR count). The van der Waals surface area contributed by atoms with Crippen molar-refractivity contribution in [2.24, 2.45) is 17.6 Å². The van der Waals surface area contributed by atoms with Gasteiger partial charge in [0.05, 0.1) is 0 Å². The number of nitrogens with zero attached hydrogens (tertiary/aromatic N) is 1. The van der Waals surface area contributed by atoms with Crippen LogP contribution in [0.3, 0.4) is 0 Å². The summed E-state index contributed by atoms with van der Waals surface area (Å²) in [5.74, 6) is 0.311. The number of amides is 2. The molecule has 1 fully saturated rings. The number of rotatable bonds is 4. The van der Waals surface area contributed by atoms with E-state index in [-0.39, 0.29) is 36.1 Å². The molecule has 0 unspecified atom stereocenters. The molecule has 2 atom stereocenters. The van der Waals surface area contributed by atoms with E-state index in [0.29, 0.717) is 18.7 Å². The minimum Gasteiger partial charge on any atom is -0.330 e. The normalized spacial score (nSPS) is 20.4. The van der Waals surface area contributed by atoms with Gasteiger partial charge >= 0.3 is 0 Å². The first kappa shape index (κ1) is 20.4. The maximum absolute atomic E-state index is 12.9. The van der Waals surface area contributed by atoms with Crippen LogP contribution in [0.15, 0.2) is 48.5 Å². The number of hydrogen-bond donors (Lipinski definition) is 2. The molecule has 1 aliphatic heterocycles. The molecular weight excluding hydrogens is 374 g/mol. The third-order valence-electron chi connectivity index (χ3n) is 5.83. The van der Waals surface area contributed by atoms with Crippen molar-refractivity contribution in [1.29, 1.82) is 0 Å². The van der Waals surface area contributed by atoms with E-state index in [2.05, 4.69) is 11.4 Å². The molecule has 1 heterocycles. The van der Waals surface area contributed by atoms with E-state index in [9.17, 15) is 9.59 Å². The predicted molar refractivity (Wildman–Crippen MR) is 114 cm³/mol. The Hall–Kier alpha value is -2.37. The highest BCUT2D eigenvalue weighted by Crippen LogP contribution is 2.32. The Labute approximate surface area is 171 Å². The van der Waals surface area contributed by atoms with Crippen molar-refractivity contribution >= 4 is 35.6 Å². The number of hydrogen-bond acceptors (Lipinski definition) is 3. The lowest BCUT2D eigenvalue weighted by Crippen LogP contribution is -2.30. The molecule has 0 bridgehead atoms. The van der Waals surface area contributed by atoms with Crippen LogP contribution in [-0.4, -0.2) is 24.9 Å². The number of carbonyl (C=O) groups excluding carboxylic acids is 2. The van der Waals surface area contributed by atoms with Crippen LogP contribution in [0.5, 0.6) is 0 Å². The predicted octanol–water partition coefficient (Wildman–Crippen LogP) is 3.62. The lowest BCUT2D eigenvalue weighted by Gasteiger charge is -2.19. The summed E-state index contributed by atoms with van der Waals surface area (Å²) in [5.41, 5.74) is 9.34. The number of para-hydroxylation sites is 1. The van der Waals surface area contributed by atoms with Gasteiger partial charge in [-0.25, -0.2) is 0 Å². The van der Waals surface area contributed by atoms with Crippen LogP contribution in [0.4, 0.5) is 11.4 Å². The molecule has 0 spiro atoms. The Bertz CT molecular complexity index is 853. The van der Waals surface area contributed by atoms with Crippen molar-refractivity contribution in [3.63, 3.8) is 0 Å². The second-order valence-electron chi connectivity index (χ2n) is 7.44. The fourth-order valence-electron chi connectivity index (χ4n) is 4.30. The zero-order valence-corrected chi connectivity index (χ0v) is 16.6. The Morgan fingerprint density at radius 1 is 1.07 bits per heavy atom. The van der Waals surface area contributed by atoms with Gasteiger partial charge in [0.25, 0.3) is 5.91 Å². The summed E-state index contributed by atoms with van der Waals surface area (Å²) < 4.78 is 0. The largest absolute Gasteiger partial charge is 0.330 e. The standard InChI is InChI=1S/C22H25N3O2.ClH/c23-14-17-5-3-6-19(17)21(26)24-18-10-8-16(9-11-18)22(27)25-13-12-15-4-1-2-7-20(15)25;/h1-2,4,7-11,17,19H,3,5-6,12-14,23H2,(H,24,26);1H/t17-,19-;/m1./s1. The summed E-state index contributed by atoms with van der Waals surface area (Å²) in [6, 6.07) is 15.2. The fourth-order valence-corrected chi connectivity index (χ4v) is 4.30. The molecule has 6 heteroatoms. The van der Waals surface area contributed by atoms with Crippen LogP contribution in [0.1, 0.15) is 35.2 Å². The summed E-state index contributed by atoms with van der Waals surface area (Å²) in [6.45, 7) is 1.27.